The molecule has 5 aromatic rings. The smallest absolute Gasteiger partial charge is 0.373 e. The highest BCUT2D eigenvalue weighted by Gasteiger charge is 2.27. The lowest BCUT2D eigenvalue weighted by molar-refractivity contribution is -0.127. The van der Waals surface area contributed by atoms with Crippen LogP contribution < -0.4 is 16.0 Å². The third-order valence-electron chi connectivity index (χ3n) is 5.86. The van der Waals surface area contributed by atoms with Crippen molar-refractivity contribution in [3.05, 3.63) is 84.6 Å². The van der Waals surface area contributed by atoms with Gasteiger partial charge in [0.25, 0.3) is 0 Å². The minimum Gasteiger partial charge on any atom is -0.373 e. The average Bonchev–Trinajstić information content (AvgIpc) is 2.90. The number of rotatable bonds is 7. The van der Waals surface area contributed by atoms with Gasteiger partial charge in [0, 0.05) is 35.9 Å². The number of nitrogens with one attached hydrogen (secondary N) is 3. The summed E-state index contributed by atoms with van der Waals surface area (Å²) in [6, 6.07) is 15.6. The van der Waals surface area contributed by atoms with Gasteiger partial charge < -0.3 is 16.0 Å². The molecule has 0 aliphatic carbocycles. The number of hydrogen-bond acceptors (Lipinski definition) is 8. The number of aromatic nitrogens is 5. The third-order valence-corrected chi connectivity index (χ3v) is 5.86. The number of hydrogen-bond donors (Lipinski definition) is 3. The number of benzene rings is 2. The van der Waals surface area contributed by atoms with Crippen LogP contribution in [-0.4, -0.2) is 38.1 Å². The summed E-state index contributed by atoms with van der Waals surface area (Å²) in [7, 11) is 1.78. The molecule has 0 amide bonds. The van der Waals surface area contributed by atoms with Crippen LogP contribution in [0.2, 0.25) is 0 Å². The van der Waals surface area contributed by atoms with Crippen molar-refractivity contribution in [2.24, 2.45) is 0 Å². The third kappa shape index (κ3) is 5.46. The van der Waals surface area contributed by atoms with Gasteiger partial charge in [-0.25, -0.2) is 24.9 Å². The van der Waals surface area contributed by atoms with E-state index < -0.39 is 12.6 Å². The molecule has 3 heterocycles. The molecule has 0 atom stereocenters. The van der Waals surface area contributed by atoms with Gasteiger partial charge in [-0.2, -0.15) is 13.2 Å². The molecule has 0 aliphatic heterocycles. The highest BCUT2D eigenvalue weighted by atomic mass is 19.4. The van der Waals surface area contributed by atoms with E-state index >= 15 is 0 Å². The average molecular weight is 517 g/mol. The summed E-state index contributed by atoms with van der Waals surface area (Å²) in [4.78, 5) is 22.0. The van der Waals surface area contributed by atoms with Crippen LogP contribution in [0, 0.1) is 6.92 Å². The molecule has 0 saturated carbocycles. The zero-order chi connectivity index (χ0) is 26.7. The number of anilines is 5. The van der Waals surface area contributed by atoms with Gasteiger partial charge in [0.2, 0.25) is 0 Å². The maximum absolute atomic E-state index is 12.9. The monoisotopic (exact) mass is 516 g/mol. The van der Waals surface area contributed by atoms with Crippen LogP contribution in [0.3, 0.4) is 0 Å². The van der Waals surface area contributed by atoms with Crippen molar-refractivity contribution in [2.75, 3.05) is 23.0 Å². The Balaban J connectivity index is 1.52. The first-order chi connectivity index (χ1) is 18.3. The van der Waals surface area contributed by atoms with E-state index in [-0.39, 0.29) is 5.56 Å². The van der Waals surface area contributed by atoms with Gasteiger partial charge in [-0.15, -0.1) is 0 Å². The summed E-state index contributed by atoms with van der Waals surface area (Å²) in [6.07, 6.45) is -0.714. The van der Waals surface area contributed by atoms with E-state index in [0.717, 1.165) is 16.8 Å². The normalized spacial score (nSPS) is 11.4. The van der Waals surface area contributed by atoms with E-state index in [4.69, 9.17) is 0 Å². The molecule has 5 rings (SSSR count). The second-order valence-corrected chi connectivity index (χ2v) is 8.56. The highest BCUT2D eigenvalue weighted by molar-refractivity contribution is 6.00. The summed E-state index contributed by atoms with van der Waals surface area (Å²) >= 11 is 0. The lowest BCUT2D eigenvalue weighted by atomic mass is 10.1. The quantitative estimate of drug-likeness (QED) is 0.228. The van der Waals surface area contributed by atoms with Crippen LogP contribution in [0.25, 0.3) is 22.2 Å². The number of fused-ring (bicyclic) bond motifs is 1. The van der Waals surface area contributed by atoms with E-state index in [2.05, 4.69) is 40.9 Å². The number of aryl methyl sites for hydroxylation is 1. The molecule has 0 fully saturated rings. The topological polar surface area (TPSA) is 101 Å². The molecule has 0 bridgehead atoms. The maximum Gasteiger partial charge on any atom is 0.393 e. The number of alkyl halides is 3. The summed E-state index contributed by atoms with van der Waals surface area (Å²) in [5.41, 5.74) is 4.39. The van der Waals surface area contributed by atoms with Crippen molar-refractivity contribution >= 4 is 39.7 Å². The van der Waals surface area contributed by atoms with Gasteiger partial charge in [-0.05, 0) is 48.4 Å². The highest BCUT2D eigenvalue weighted by Crippen LogP contribution is 2.35. The van der Waals surface area contributed by atoms with Crippen molar-refractivity contribution in [3.8, 4) is 11.3 Å². The standard InChI is InChI=1S/C27H23F3N8/c1-16-8-9-20-24(35-15-36-26(20)37-18-6-3-5-17(11-18)13-27(28,29)30)23(16)38-25-19(7-4-10-32-25)21-12-22(31-2)34-14-33-21/h3-12,14-15H,13H2,1-2H3,(H,32,38)(H,31,33,34)(H,35,36,37). The number of pyridine rings is 1. The summed E-state index contributed by atoms with van der Waals surface area (Å²) in [6.45, 7) is 1.95. The van der Waals surface area contributed by atoms with Crippen molar-refractivity contribution in [3.63, 3.8) is 0 Å². The van der Waals surface area contributed by atoms with Gasteiger partial charge in [0.15, 0.2) is 0 Å². The van der Waals surface area contributed by atoms with E-state index in [1.807, 2.05) is 37.3 Å². The zero-order valence-corrected chi connectivity index (χ0v) is 20.5. The lowest BCUT2D eigenvalue weighted by Crippen LogP contribution is -2.11. The predicted octanol–water partition coefficient (Wildman–Crippen LogP) is 6.42. The van der Waals surface area contributed by atoms with E-state index in [9.17, 15) is 13.2 Å². The Kier molecular flexibility index (Phi) is 6.73. The van der Waals surface area contributed by atoms with Crippen LogP contribution in [0.1, 0.15) is 11.1 Å². The molecular formula is C27H23F3N8. The summed E-state index contributed by atoms with van der Waals surface area (Å²) < 4.78 is 38.6. The fourth-order valence-corrected chi connectivity index (χ4v) is 4.09. The molecular weight excluding hydrogens is 493 g/mol. The fraction of sp³-hybridized carbons (Fsp3) is 0.148. The zero-order valence-electron chi connectivity index (χ0n) is 20.5. The molecule has 3 aromatic heterocycles. The van der Waals surface area contributed by atoms with E-state index in [0.29, 0.717) is 39.7 Å². The first kappa shape index (κ1) is 24.9. The molecule has 0 saturated heterocycles. The van der Waals surface area contributed by atoms with Gasteiger partial charge in [0.05, 0.1) is 23.3 Å². The van der Waals surface area contributed by atoms with Gasteiger partial charge >= 0.3 is 6.18 Å². The van der Waals surface area contributed by atoms with Crippen molar-refractivity contribution in [1.29, 1.82) is 0 Å². The molecule has 0 aliphatic rings. The van der Waals surface area contributed by atoms with Gasteiger partial charge in [-0.3, -0.25) is 0 Å². The van der Waals surface area contributed by atoms with Crippen LogP contribution in [0.4, 0.5) is 42.0 Å². The van der Waals surface area contributed by atoms with Crippen LogP contribution >= 0.6 is 0 Å². The van der Waals surface area contributed by atoms with E-state index in [1.54, 1.807) is 25.4 Å². The summed E-state index contributed by atoms with van der Waals surface area (Å²) in [5.74, 6) is 1.73. The van der Waals surface area contributed by atoms with Crippen molar-refractivity contribution in [1.82, 2.24) is 24.9 Å². The lowest BCUT2D eigenvalue weighted by Gasteiger charge is -2.16. The Morgan fingerprint density at radius 2 is 1.66 bits per heavy atom. The molecule has 0 unspecified atom stereocenters. The molecule has 11 heteroatoms. The van der Waals surface area contributed by atoms with Gasteiger partial charge in [0.1, 0.15) is 30.1 Å². The Morgan fingerprint density at radius 1 is 0.816 bits per heavy atom. The van der Waals surface area contributed by atoms with Gasteiger partial charge in [-0.1, -0.05) is 18.2 Å². The van der Waals surface area contributed by atoms with Crippen LogP contribution in [-0.2, 0) is 6.42 Å². The Hall–Kier alpha value is -4.80. The van der Waals surface area contributed by atoms with Crippen molar-refractivity contribution < 1.29 is 13.2 Å². The number of nitrogens with zero attached hydrogens (tertiary/aromatic N) is 5. The molecule has 3 N–H and O–H groups in total. The fourth-order valence-electron chi connectivity index (χ4n) is 4.09. The first-order valence-electron chi connectivity index (χ1n) is 11.7. The largest absolute Gasteiger partial charge is 0.393 e. The van der Waals surface area contributed by atoms with E-state index in [1.165, 1.54) is 24.8 Å². The minimum absolute atomic E-state index is 0.160. The molecule has 38 heavy (non-hydrogen) atoms. The maximum atomic E-state index is 12.9. The second-order valence-electron chi connectivity index (χ2n) is 8.56. The second kappa shape index (κ2) is 10.3. The van der Waals surface area contributed by atoms with Crippen molar-refractivity contribution in [2.45, 2.75) is 19.5 Å². The Labute approximate surface area is 216 Å². The molecule has 8 nitrogen and oxygen atoms in total. The molecule has 0 spiro atoms. The minimum atomic E-state index is -4.29. The predicted molar refractivity (Wildman–Crippen MR) is 142 cm³/mol. The first-order valence-corrected chi connectivity index (χ1v) is 11.7. The Morgan fingerprint density at radius 3 is 2.47 bits per heavy atom. The molecule has 192 valence electrons. The summed E-state index contributed by atoms with van der Waals surface area (Å²) in [5, 5.41) is 10.3. The molecule has 2 aromatic carbocycles. The number of halogens is 3. The van der Waals surface area contributed by atoms with Crippen LogP contribution in [0.15, 0.2) is 73.4 Å². The molecule has 0 radical (unpaired) electrons. The Bertz CT molecular complexity index is 1600. The SMILES string of the molecule is CNc1cc(-c2cccnc2Nc2c(C)ccc3c(Nc4cccc(CC(F)(F)F)c4)ncnc23)ncn1. The van der Waals surface area contributed by atoms with Crippen LogP contribution in [0.5, 0.6) is 0 Å².